The van der Waals surface area contributed by atoms with Crippen molar-refractivity contribution in [2.24, 2.45) is 5.92 Å². The molecule has 0 unspecified atom stereocenters. The van der Waals surface area contributed by atoms with Crippen LogP contribution >= 0.6 is 12.4 Å². The van der Waals surface area contributed by atoms with Crippen LogP contribution in [0, 0.1) is 5.92 Å². The van der Waals surface area contributed by atoms with Gasteiger partial charge in [0.2, 0.25) is 11.8 Å². The summed E-state index contributed by atoms with van der Waals surface area (Å²) in [6, 6.07) is 0. The van der Waals surface area contributed by atoms with Crippen molar-refractivity contribution in [3.63, 3.8) is 0 Å². The summed E-state index contributed by atoms with van der Waals surface area (Å²) >= 11 is 0. The van der Waals surface area contributed by atoms with Gasteiger partial charge in [-0.05, 0) is 25.3 Å². The Morgan fingerprint density at radius 3 is 2.65 bits per heavy atom. The van der Waals surface area contributed by atoms with E-state index >= 15 is 0 Å². The quantitative estimate of drug-likeness (QED) is 0.615. The molecule has 0 fully saturated rings. The van der Waals surface area contributed by atoms with Crippen molar-refractivity contribution < 1.29 is 9.59 Å². The molecule has 3 N–H and O–H groups in total. The van der Waals surface area contributed by atoms with E-state index in [1.807, 2.05) is 0 Å². The lowest BCUT2D eigenvalue weighted by Crippen LogP contribution is -2.38. The lowest BCUT2D eigenvalue weighted by molar-refractivity contribution is -0.126. The Morgan fingerprint density at radius 1 is 1.30 bits per heavy atom. The second-order valence-corrected chi connectivity index (χ2v) is 5.30. The summed E-state index contributed by atoms with van der Waals surface area (Å²) in [6.07, 6.45) is 4.42. The summed E-state index contributed by atoms with van der Waals surface area (Å²) in [4.78, 5) is 23.0. The minimum absolute atomic E-state index is 0. The van der Waals surface area contributed by atoms with E-state index in [9.17, 15) is 9.59 Å². The van der Waals surface area contributed by atoms with Crippen LogP contribution in [0.1, 0.15) is 33.1 Å². The summed E-state index contributed by atoms with van der Waals surface area (Å²) in [5.74, 6) is 0.327. The third kappa shape index (κ3) is 8.93. The summed E-state index contributed by atoms with van der Waals surface area (Å²) in [5, 5.41) is 8.69. The number of carbonyl (C=O) groups excluding carboxylic acids is 2. The third-order valence-electron chi connectivity index (χ3n) is 3.07. The first-order valence-electron chi connectivity index (χ1n) is 7.00. The van der Waals surface area contributed by atoms with Gasteiger partial charge >= 0.3 is 0 Å². The van der Waals surface area contributed by atoms with Crippen LogP contribution in [0.5, 0.6) is 0 Å². The fourth-order valence-corrected chi connectivity index (χ4v) is 1.79. The zero-order valence-corrected chi connectivity index (χ0v) is 13.1. The maximum Gasteiger partial charge on any atom is 0.239 e. The minimum Gasteiger partial charge on any atom is -0.351 e. The predicted octanol–water partition coefficient (Wildman–Crippen LogP) is 0.996. The van der Waals surface area contributed by atoms with Gasteiger partial charge in [-0.3, -0.25) is 9.59 Å². The van der Waals surface area contributed by atoms with Gasteiger partial charge in [0.15, 0.2) is 0 Å². The molecule has 0 aromatic rings. The van der Waals surface area contributed by atoms with Crippen LogP contribution in [0.2, 0.25) is 0 Å². The van der Waals surface area contributed by atoms with Gasteiger partial charge < -0.3 is 16.0 Å². The number of rotatable bonds is 7. The van der Waals surface area contributed by atoms with E-state index in [0.29, 0.717) is 18.9 Å². The highest BCUT2D eigenvalue weighted by molar-refractivity contribution is 5.85. The van der Waals surface area contributed by atoms with Crippen LogP contribution in [0.3, 0.4) is 0 Å². The lowest BCUT2D eigenvalue weighted by Gasteiger charge is -2.14. The van der Waals surface area contributed by atoms with E-state index in [2.05, 4.69) is 35.9 Å². The maximum atomic E-state index is 11.6. The number of amides is 2. The standard InChI is InChI=1S/C14H25N3O2.ClH/c1-11(2)3-4-13(18)17-10-14(19)16-9-12-5-7-15-8-6-12;/h5,11,15H,3-4,6-10H2,1-2H3,(H,16,19)(H,17,18);1H. The molecule has 0 aromatic carbocycles. The van der Waals surface area contributed by atoms with E-state index in [1.165, 1.54) is 5.57 Å². The van der Waals surface area contributed by atoms with Crippen LogP contribution in [0.25, 0.3) is 0 Å². The SMILES string of the molecule is CC(C)CCC(=O)NCC(=O)NCC1=CCNCC1.Cl. The normalized spacial score (nSPS) is 14.2. The summed E-state index contributed by atoms with van der Waals surface area (Å²) in [5.41, 5.74) is 1.25. The highest BCUT2D eigenvalue weighted by atomic mass is 35.5. The van der Waals surface area contributed by atoms with Crippen LogP contribution < -0.4 is 16.0 Å². The van der Waals surface area contributed by atoms with Gasteiger partial charge in [-0.1, -0.05) is 25.5 Å². The Morgan fingerprint density at radius 2 is 2.05 bits per heavy atom. The predicted molar refractivity (Wildman–Crippen MR) is 82.9 cm³/mol. The van der Waals surface area contributed by atoms with E-state index in [4.69, 9.17) is 0 Å². The molecule has 0 bridgehead atoms. The first-order chi connectivity index (χ1) is 9.08. The van der Waals surface area contributed by atoms with Crippen molar-refractivity contribution in [1.82, 2.24) is 16.0 Å². The first-order valence-corrected chi connectivity index (χ1v) is 7.00. The molecule has 2 amide bonds. The molecule has 0 spiro atoms. The number of nitrogens with one attached hydrogen (secondary N) is 3. The number of hydrogen-bond donors (Lipinski definition) is 3. The van der Waals surface area contributed by atoms with E-state index in [1.54, 1.807) is 0 Å². The smallest absolute Gasteiger partial charge is 0.239 e. The van der Waals surface area contributed by atoms with Crippen LogP contribution in [-0.4, -0.2) is 38.0 Å². The molecule has 0 saturated heterocycles. The van der Waals surface area contributed by atoms with Gasteiger partial charge in [0.1, 0.15) is 0 Å². The maximum absolute atomic E-state index is 11.6. The highest BCUT2D eigenvalue weighted by Crippen LogP contribution is 2.03. The fraction of sp³-hybridized carbons (Fsp3) is 0.714. The number of halogens is 1. The third-order valence-corrected chi connectivity index (χ3v) is 3.07. The van der Waals surface area contributed by atoms with Crippen molar-refractivity contribution in [2.75, 3.05) is 26.2 Å². The molecule has 1 rings (SSSR count). The molecular formula is C14H26ClN3O2. The monoisotopic (exact) mass is 303 g/mol. The van der Waals surface area contributed by atoms with Crippen molar-refractivity contribution >= 4 is 24.2 Å². The number of hydrogen-bond acceptors (Lipinski definition) is 3. The zero-order valence-electron chi connectivity index (χ0n) is 12.3. The molecule has 0 radical (unpaired) electrons. The fourth-order valence-electron chi connectivity index (χ4n) is 1.79. The van der Waals surface area contributed by atoms with Crippen LogP contribution in [0.4, 0.5) is 0 Å². The van der Waals surface area contributed by atoms with Crippen molar-refractivity contribution in [2.45, 2.75) is 33.1 Å². The minimum atomic E-state index is -0.127. The molecule has 0 saturated carbocycles. The molecule has 6 heteroatoms. The Kier molecular flexibility index (Phi) is 10.1. The van der Waals surface area contributed by atoms with Gasteiger partial charge in [-0.15, -0.1) is 12.4 Å². The number of carbonyl (C=O) groups is 2. The molecule has 0 aromatic heterocycles. The molecular weight excluding hydrogens is 278 g/mol. The summed E-state index contributed by atoms with van der Waals surface area (Å²) in [7, 11) is 0. The Balaban J connectivity index is 0.00000361. The van der Waals surface area contributed by atoms with Crippen molar-refractivity contribution in [3.8, 4) is 0 Å². The molecule has 0 atom stereocenters. The Labute approximate surface area is 127 Å². The van der Waals surface area contributed by atoms with E-state index < -0.39 is 0 Å². The second kappa shape index (κ2) is 10.7. The largest absolute Gasteiger partial charge is 0.351 e. The molecule has 20 heavy (non-hydrogen) atoms. The first kappa shape index (κ1) is 18.9. The van der Waals surface area contributed by atoms with Crippen molar-refractivity contribution in [1.29, 1.82) is 0 Å². The Hall–Kier alpha value is -1.07. The molecule has 1 aliphatic heterocycles. The van der Waals surface area contributed by atoms with Gasteiger partial charge in [0.25, 0.3) is 0 Å². The molecule has 1 heterocycles. The van der Waals surface area contributed by atoms with Crippen molar-refractivity contribution in [3.05, 3.63) is 11.6 Å². The van der Waals surface area contributed by atoms with E-state index in [-0.39, 0.29) is 30.8 Å². The summed E-state index contributed by atoms with van der Waals surface area (Å²) in [6.45, 7) is 6.65. The summed E-state index contributed by atoms with van der Waals surface area (Å²) < 4.78 is 0. The lowest BCUT2D eigenvalue weighted by atomic mass is 10.1. The molecule has 5 nitrogen and oxygen atoms in total. The zero-order chi connectivity index (χ0) is 14.1. The topological polar surface area (TPSA) is 70.2 Å². The average molecular weight is 304 g/mol. The van der Waals surface area contributed by atoms with E-state index in [0.717, 1.165) is 25.9 Å². The molecule has 1 aliphatic rings. The second-order valence-electron chi connectivity index (χ2n) is 5.30. The van der Waals surface area contributed by atoms with Gasteiger partial charge in [-0.25, -0.2) is 0 Å². The highest BCUT2D eigenvalue weighted by Gasteiger charge is 2.08. The van der Waals surface area contributed by atoms with Gasteiger partial charge in [0.05, 0.1) is 6.54 Å². The van der Waals surface area contributed by atoms with Gasteiger partial charge in [-0.2, -0.15) is 0 Å². The molecule has 0 aliphatic carbocycles. The van der Waals surface area contributed by atoms with Crippen LogP contribution in [-0.2, 0) is 9.59 Å². The average Bonchev–Trinajstić information content (AvgIpc) is 2.41. The Bertz CT molecular complexity index is 343. The van der Waals surface area contributed by atoms with Gasteiger partial charge in [0, 0.05) is 19.5 Å². The van der Waals surface area contributed by atoms with Crippen LogP contribution in [0.15, 0.2) is 11.6 Å². The molecule has 116 valence electrons.